The standard InChI is InChI=1S/C26H22ClN3O3/c1-16-21(27)9-6-10-22(16)29-24-23(19-11-13-20(14-12-19)28-17(2)31)25(32)30(26(24)33)15-18-7-4-3-5-8-18/h3-14,29H,15H2,1-2H3,(H,28,31). The molecule has 0 unspecified atom stereocenters. The van der Waals surface area contributed by atoms with E-state index in [4.69, 9.17) is 11.6 Å². The zero-order valence-electron chi connectivity index (χ0n) is 18.2. The zero-order chi connectivity index (χ0) is 23.5. The molecule has 0 bridgehead atoms. The van der Waals surface area contributed by atoms with Crippen LogP contribution < -0.4 is 10.6 Å². The number of anilines is 2. The lowest BCUT2D eigenvalue weighted by Gasteiger charge is -2.16. The maximum atomic E-state index is 13.4. The molecular weight excluding hydrogens is 438 g/mol. The summed E-state index contributed by atoms with van der Waals surface area (Å²) >= 11 is 6.26. The van der Waals surface area contributed by atoms with E-state index in [1.807, 2.05) is 43.3 Å². The molecule has 0 aliphatic carbocycles. The SMILES string of the molecule is CC(=O)Nc1ccc(C2=C(Nc3cccc(Cl)c3C)C(=O)N(Cc3ccccc3)C2=O)cc1. The van der Waals surface area contributed by atoms with Crippen molar-refractivity contribution in [2.24, 2.45) is 0 Å². The highest BCUT2D eigenvalue weighted by Crippen LogP contribution is 2.33. The van der Waals surface area contributed by atoms with E-state index < -0.39 is 11.8 Å². The smallest absolute Gasteiger partial charge is 0.278 e. The number of carbonyl (C=O) groups is 3. The number of halogens is 1. The number of benzene rings is 3. The Morgan fingerprint density at radius 1 is 0.909 bits per heavy atom. The van der Waals surface area contributed by atoms with Crippen molar-refractivity contribution < 1.29 is 14.4 Å². The van der Waals surface area contributed by atoms with Crippen LogP contribution in [0.15, 0.2) is 78.5 Å². The van der Waals surface area contributed by atoms with E-state index >= 15 is 0 Å². The summed E-state index contributed by atoms with van der Waals surface area (Å²) in [4.78, 5) is 39.4. The number of hydrogen-bond acceptors (Lipinski definition) is 4. The molecule has 166 valence electrons. The van der Waals surface area contributed by atoms with Crippen LogP contribution in [0.2, 0.25) is 5.02 Å². The Kier molecular flexibility index (Phi) is 6.29. The van der Waals surface area contributed by atoms with Crippen LogP contribution in [0.25, 0.3) is 5.57 Å². The van der Waals surface area contributed by atoms with E-state index in [0.29, 0.717) is 22.0 Å². The molecule has 0 aromatic heterocycles. The summed E-state index contributed by atoms with van der Waals surface area (Å²) in [6, 6.07) is 21.5. The summed E-state index contributed by atoms with van der Waals surface area (Å²) in [6.45, 7) is 3.42. The molecule has 4 rings (SSSR count). The summed E-state index contributed by atoms with van der Waals surface area (Å²) in [6.07, 6.45) is 0. The first kappa shape index (κ1) is 22.3. The Bertz CT molecular complexity index is 1270. The molecule has 0 atom stereocenters. The molecule has 0 spiro atoms. The monoisotopic (exact) mass is 459 g/mol. The zero-order valence-corrected chi connectivity index (χ0v) is 18.9. The molecule has 0 radical (unpaired) electrons. The fraction of sp³-hybridized carbons (Fsp3) is 0.115. The number of hydrogen-bond donors (Lipinski definition) is 2. The topological polar surface area (TPSA) is 78.5 Å². The molecule has 3 amide bonds. The number of rotatable bonds is 6. The second-order valence-electron chi connectivity index (χ2n) is 7.73. The number of carbonyl (C=O) groups excluding carboxylic acids is 3. The van der Waals surface area contributed by atoms with Crippen LogP contribution in [0.5, 0.6) is 0 Å². The van der Waals surface area contributed by atoms with Crippen molar-refractivity contribution in [2.45, 2.75) is 20.4 Å². The van der Waals surface area contributed by atoms with Crippen molar-refractivity contribution in [3.8, 4) is 0 Å². The van der Waals surface area contributed by atoms with Crippen LogP contribution in [0.3, 0.4) is 0 Å². The third-order valence-electron chi connectivity index (χ3n) is 5.37. The van der Waals surface area contributed by atoms with Crippen LogP contribution in [0.1, 0.15) is 23.6 Å². The van der Waals surface area contributed by atoms with Crippen LogP contribution in [-0.4, -0.2) is 22.6 Å². The molecule has 0 saturated heterocycles. The summed E-state index contributed by atoms with van der Waals surface area (Å²) < 4.78 is 0. The van der Waals surface area contributed by atoms with Crippen molar-refractivity contribution >= 4 is 46.3 Å². The third-order valence-corrected chi connectivity index (χ3v) is 5.78. The molecule has 33 heavy (non-hydrogen) atoms. The highest BCUT2D eigenvalue weighted by atomic mass is 35.5. The molecule has 2 N–H and O–H groups in total. The van der Waals surface area contributed by atoms with Crippen molar-refractivity contribution in [1.29, 1.82) is 0 Å². The summed E-state index contributed by atoms with van der Waals surface area (Å²) in [5.74, 6) is -0.996. The predicted molar refractivity (Wildman–Crippen MR) is 129 cm³/mol. The van der Waals surface area contributed by atoms with Gasteiger partial charge in [-0.2, -0.15) is 0 Å². The Morgan fingerprint density at radius 2 is 1.61 bits per heavy atom. The fourth-order valence-corrected chi connectivity index (χ4v) is 3.84. The molecule has 1 aliphatic rings. The molecule has 6 nitrogen and oxygen atoms in total. The van der Waals surface area contributed by atoms with Crippen LogP contribution in [0, 0.1) is 6.92 Å². The Balaban J connectivity index is 1.75. The number of amides is 3. The van der Waals surface area contributed by atoms with Crippen molar-refractivity contribution in [3.63, 3.8) is 0 Å². The summed E-state index contributed by atoms with van der Waals surface area (Å²) in [7, 11) is 0. The minimum atomic E-state index is -0.413. The third kappa shape index (κ3) is 4.66. The van der Waals surface area contributed by atoms with E-state index in [2.05, 4.69) is 10.6 Å². The van der Waals surface area contributed by atoms with Crippen LogP contribution >= 0.6 is 11.6 Å². The van der Waals surface area contributed by atoms with Gasteiger partial charge in [0.2, 0.25) is 5.91 Å². The average Bonchev–Trinajstić information content (AvgIpc) is 3.02. The Morgan fingerprint density at radius 3 is 2.27 bits per heavy atom. The predicted octanol–water partition coefficient (Wildman–Crippen LogP) is 5.00. The lowest BCUT2D eigenvalue weighted by atomic mass is 10.0. The van der Waals surface area contributed by atoms with E-state index in [9.17, 15) is 14.4 Å². The molecule has 0 fully saturated rings. The summed E-state index contributed by atoms with van der Waals surface area (Å²) in [5, 5.41) is 6.41. The van der Waals surface area contributed by atoms with Gasteiger partial charge in [-0.15, -0.1) is 0 Å². The number of imide groups is 1. The normalized spacial score (nSPS) is 13.5. The maximum absolute atomic E-state index is 13.4. The second-order valence-corrected chi connectivity index (χ2v) is 8.14. The second kappa shape index (κ2) is 9.30. The van der Waals surface area contributed by atoms with Gasteiger partial charge in [0.15, 0.2) is 0 Å². The van der Waals surface area contributed by atoms with Gasteiger partial charge in [-0.3, -0.25) is 19.3 Å². The number of nitrogens with zero attached hydrogens (tertiary/aromatic N) is 1. The van der Waals surface area contributed by atoms with Gasteiger partial charge >= 0.3 is 0 Å². The lowest BCUT2D eigenvalue weighted by Crippen LogP contribution is -2.32. The van der Waals surface area contributed by atoms with Gasteiger partial charge in [-0.25, -0.2) is 0 Å². The van der Waals surface area contributed by atoms with E-state index in [1.54, 1.807) is 36.4 Å². The largest absolute Gasteiger partial charge is 0.350 e. The van der Waals surface area contributed by atoms with Gasteiger partial charge in [-0.05, 0) is 47.9 Å². The maximum Gasteiger partial charge on any atom is 0.278 e. The lowest BCUT2D eigenvalue weighted by molar-refractivity contribution is -0.137. The molecular formula is C26H22ClN3O3. The highest BCUT2D eigenvalue weighted by Gasteiger charge is 2.39. The minimum Gasteiger partial charge on any atom is -0.350 e. The quantitative estimate of drug-likeness (QED) is 0.508. The van der Waals surface area contributed by atoms with Crippen molar-refractivity contribution in [3.05, 3.63) is 100 Å². The molecule has 3 aromatic rings. The van der Waals surface area contributed by atoms with Gasteiger partial charge < -0.3 is 10.6 Å². The molecule has 7 heteroatoms. The van der Waals surface area contributed by atoms with Gasteiger partial charge in [-0.1, -0.05) is 60.1 Å². The Labute approximate surface area is 196 Å². The molecule has 1 heterocycles. The first-order valence-electron chi connectivity index (χ1n) is 10.4. The van der Waals surface area contributed by atoms with Gasteiger partial charge in [0.1, 0.15) is 5.70 Å². The van der Waals surface area contributed by atoms with E-state index in [0.717, 1.165) is 11.1 Å². The van der Waals surface area contributed by atoms with Gasteiger partial charge in [0.25, 0.3) is 11.8 Å². The van der Waals surface area contributed by atoms with Crippen LogP contribution in [0.4, 0.5) is 11.4 Å². The summed E-state index contributed by atoms with van der Waals surface area (Å²) in [5.41, 5.74) is 3.89. The molecule has 0 saturated carbocycles. The average molecular weight is 460 g/mol. The van der Waals surface area contributed by atoms with Gasteiger partial charge in [0, 0.05) is 23.3 Å². The highest BCUT2D eigenvalue weighted by molar-refractivity contribution is 6.36. The molecule has 3 aromatic carbocycles. The van der Waals surface area contributed by atoms with Crippen LogP contribution in [-0.2, 0) is 20.9 Å². The molecule has 1 aliphatic heterocycles. The fourth-order valence-electron chi connectivity index (χ4n) is 3.67. The minimum absolute atomic E-state index is 0.158. The van der Waals surface area contributed by atoms with Crippen molar-refractivity contribution in [2.75, 3.05) is 10.6 Å². The number of nitrogens with one attached hydrogen (secondary N) is 2. The van der Waals surface area contributed by atoms with Crippen molar-refractivity contribution in [1.82, 2.24) is 4.90 Å². The van der Waals surface area contributed by atoms with E-state index in [1.165, 1.54) is 11.8 Å². The first-order chi connectivity index (χ1) is 15.8. The van der Waals surface area contributed by atoms with Gasteiger partial charge in [0.05, 0.1) is 12.1 Å². The van der Waals surface area contributed by atoms with E-state index in [-0.39, 0.29) is 23.7 Å². The first-order valence-corrected chi connectivity index (χ1v) is 10.8. The Hall–Kier alpha value is -3.90.